The zero-order valence-electron chi connectivity index (χ0n) is 9.11. The molecule has 1 aromatic carbocycles. The molecular weight excluding hydrogens is 267 g/mol. The van der Waals surface area contributed by atoms with Crippen molar-refractivity contribution in [3.05, 3.63) is 41.5 Å². The van der Waals surface area contributed by atoms with Gasteiger partial charge in [-0.2, -0.15) is 0 Å². The Kier molecular flexibility index (Phi) is 2.06. The quantitative estimate of drug-likeness (QED) is 0.538. The van der Waals surface area contributed by atoms with Crippen LogP contribution < -0.4 is 0 Å². The molecule has 18 heavy (non-hydrogen) atoms. The number of para-hydroxylation sites is 1. The molecule has 4 aromatic rings. The number of nitrogens with one attached hydrogen (secondary N) is 1. The highest BCUT2D eigenvalue weighted by Gasteiger charge is 2.11. The molecule has 0 bridgehead atoms. The second kappa shape index (κ2) is 3.63. The second-order valence-corrected chi connectivity index (χ2v) is 6.01. The summed E-state index contributed by atoms with van der Waals surface area (Å²) in [6.45, 7) is 0. The SMILES string of the molecule is Fc1cccc2[nH]c(-c3cc4sccc4s3)nc12. The lowest BCUT2D eigenvalue weighted by atomic mass is 10.3. The Hall–Kier alpha value is -1.72. The smallest absolute Gasteiger partial charge is 0.151 e. The third-order valence-corrected chi connectivity index (χ3v) is 4.94. The Morgan fingerprint density at radius 3 is 2.94 bits per heavy atom. The molecule has 1 N–H and O–H groups in total. The van der Waals surface area contributed by atoms with Crippen LogP contribution in [0.25, 0.3) is 31.1 Å². The number of nitrogens with zero attached hydrogens (tertiary/aromatic N) is 1. The minimum absolute atomic E-state index is 0.284. The van der Waals surface area contributed by atoms with Gasteiger partial charge in [0, 0.05) is 9.40 Å². The van der Waals surface area contributed by atoms with Crippen molar-refractivity contribution in [1.82, 2.24) is 9.97 Å². The van der Waals surface area contributed by atoms with Crippen LogP contribution in [0, 0.1) is 5.82 Å². The van der Waals surface area contributed by atoms with Crippen LogP contribution in [0.4, 0.5) is 4.39 Å². The second-order valence-electron chi connectivity index (χ2n) is 3.98. The van der Waals surface area contributed by atoms with Crippen LogP contribution >= 0.6 is 22.7 Å². The highest BCUT2D eigenvalue weighted by Crippen LogP contribution is 2.35. The minimum atomic E-state index is -0.284. The maximum absolute atomic E-state index is 13.6. The van der Waals surface area contributed by atoms with E-state index in [0.717, 1.165) is 16.2 Å². The molecule has 0 atom stereocenters. The van der Waals surface area contributed by atoms with Crippen molar-refractivity contribution >= 4 is 43.1 Å². The predicted molar refractivity (Wildman–Crippen MR) is 74.7 cm³/mol. The topological polar surface area (TPSA) is 28.7 Å². The number of hydrogen-bond donors (Lipinski definition) is 1. The van der Waals surface area contributed by atoms with Crippen LogP contribution in [-0.2, 0) is 0 Å². The van der Waals surface area contributed by atoms with Gasteiger partial charge in [-0.3, -0.25) is 0 Å². The first kappa shape index (κ1) is 10.2. The Labute approximate surface area is 110 Å². The van der Waals surface area contributed by atoms with E-state index in [1.807, 2.05) is 6.07 Å². The van der Waals surface area contributed by atoms with Gasteiger partial charge in [-0.15, -0.1) is 22.7 Å². The van der Waals surface area contributed by atoms with Crippen LogP contribution in [-0.4, -0.2) is 9.97 Å². The van der Waals surface area contributed by atoms with E-state index < -0.39 is 0 Å². The van der Waals surface area contributed by atoms with Gasteiger partial charge in [0.05, 0.1) is 10.4 Å². The molecule has 4 rings (SSSR count). The Morgan fingerprint density at radius 2 is 2.11 bits per heavy atom. The van der Waals surface area contributed by atoms with Crippen molar-refractivity contribution in [3.8, 4) is 10.7 Å². The molecule has 0 unspecified atom stereocenters. The van der Waals surface area contributed by atoms with Crippen LogP contribution in [0.15, 0.2) is 35.7 Å². The van der Waals surface area contributed by atoms with Crippen molar-refractivity contribution in [2.45, 2.75) is 0 Å². The van der Waals surface area contributed by atoms with Crippen molar-refractivity contribution < 1.29 is 4.39 Å². The molecule has 0 amide bonds. The molecule has 88 valence electrons. The molecule has 0 aliphatic rings. The molecular formula is C13H7FN2S2. The standard InChI is InChI=1S/C13H7FN2S2/c14-7-2-1-3-8-12(7)16-13(15-8)11-6-10-9(18-11)4-5-17-10/h1-6H,(H,15,16). The number of aromatic amines is 1. The highest BCUT2D eigenvalue weighted by molar-refractivity contribution is 7.28. The molecule has 3 aromatic heterocycles. The van der Waals surface area contributed by atoms with Crippen molar-refractivity contribution in [2.75, 3.05) is 0 Å². The van der Waals surface area contributed by atoms with E-state index in [1.165, 1.54) is 15.5 Å². The van der Waals surface area contributed by atoms with Gasteiger partial charge in [0.2, 0.25) is 0 Å². The van der Waals surface area contributed by atoms with Crippen molar-refractivity contribution in [2.24, 2.45) is 0 Å². The summed E-state index contributed by atoms with van der Waals surface area (Å²) < 4.78 is 16.1. The molecule has 2 nitrogen and oxygen atoms in total. The lowest BCUT2D eigenvalue weighted by Gasteiger charge is -1.86. The zero-order chi connectivity index (χ0) is 12.1. The summed E-state index contributed by atoms with van der Waals surface area (Å²) in [7, 11) is 0. The maximum Gasteiger partial charge on any atom is 0.151 e. The number of fused-ring (bicyclic) bond motifs is 2. The van der Waals surface area contributed by atoms with E-state index in [1.54, 1.807) is 28.7 Å². The summed E-state index contributed by atoms with van der Waals surface area (Å²) in [6, 6.07) is 9.15. The molecule has 0 fully saturated rings. The van der Waals surface area contributed by atoms with Gasteiger partial charge >= 0.3 is 0 Å². The van der Waals surface area contributed by atoms with E-state index in [4.69, 9.17) is 0 Å². The average Bonchev–Trinajstić information content (AvgIpc) is 3.01. The lowest BCUT2D eigenvalue weighted by molar-refractivity contribution is 0.637. The van der Waals surface area contributed by atoms with Crippen LogP contribution in [0.2, 0.25) is 0 Å². The van der Waals surface area contributed by atoms with Crippen molar-refractivity contribution in [1.29, 1.82) is 0 Å². The molecule has 0 spiro atoms. The molecule has 3 heterocycles. The number of H-pyrrole nitrogens is 1. The third-order valence-electron chi connectivity index (χ3n) is 2.84. The van der Waals surface area contributed by atoms with Crippen molar-refractivity contribution in [3.63, 3.8) is 0 Å². The monoisotopic (exact) mass is 274 g/mol. The summed E-state index contributed by atoms with van der Waals surface area (Å²) in [6.07, 6.45) is 0. The first-order chi connectivity index (χ1) is 8.81. The molecule has 0 saturated carbocycles. The summed E-state index contributed by atoms with van der Waals surface area (Å²) >= 11 is 3.38. The van der Waals surface area contributed by atoms with Gasteiger partial charge in [0.15, 0.2) is 5.82 Å². The first-order valence-corrected chi connectivity index (χ1v) is 7.12. The Balaban J connectivity index is 1.96. The molecule has 5 heteroatoms. The van der Waals surface area contributed by atoms with Crippen LogP contribution in [0.1, 0.15) is 0 Å². The van der Waals surface area contributed by atoms with E-state index >= 15 is 0 Å². The van der Waals surface area contributed by atoms with Crippen LogP contribution in [0.3, 0.4) is 0 Å². The fourth-order valence-corrected chi connectivity index (χ4v) is 4.05. The zero-order valence-corrected chi connectivity index (χ0v) is 10.7. The first-order valence-electron chi connectivity index (χ1n) is 5.43. The van der Waals surface area contributed by atoms with Gasteiger partial charge < -0.3 is 4.98 Å². The summed E-state index contributed by atoms with van der Waals surface area (Å²) in [5.41, 5.74) is 1.14. The number of hydrogen-bond acceptors (Lipinski definition) is 3. The Bertz CT molecular complexity index is 828. The van der Waals surface area contributed by atoms with Gasteiger partial charge in [-0.05, 0) is 29.6 Å². The fraction of sp³-hybridized carbons (Fsp3) is 0. The molecule has 0 saturated heterocycles. The predicted octanol–water partition coefficient (Wildman–Crippen LogP) is 4.65. The van der Waals surface area contributed by atoms with E-state index in [-0.39, 0.29) is 5.82 Å². The number of benzene rings is 1. The van der Waals surface area contributed by atoms with Gasteiger partial charge in [-0.1, -0.05) is 6.07 Å². The summed E-state index contributed by atoms with van der Waals surface area (Å²) in [5, 5.41) is 2.07. The van der Waals surface area contributed by atoms with Gasteiger partial charge in [0.25, 0.3) is 0 Å². The van der Waals surface area contributed by atoms with E-state index in [9.17, 15) is 4.39 Å². The number of thiophene rings is 2. The minimum Gasteiger partial charge on any atom is -0.337 e. The summed E-state index contributed by atoms with van der Waals surface area (Å²) in [5.74, 6) is 0.455. The molecule has 0 aliphatic carbocycles. The number of rotatable bonds is 1. The molecule has 0 radical (unpaired) electrons. The Morgan fingerprint density at radius 1 is 1.17 bits per heavy atom. The fourth-order valence-electron chi connectivity index (χ4n) is 2.00. The summed E-state index contributed by atoms with van der Waals surface area (Å²) in [4.78, 5) is 8.56. The number of aromatic nitrogens is 2. The van der Waals surface area contributed by atoms with Gasteiger partial charge in [0.1, 0.15) is 11.3 Å². The molecule has 0 aliphatic heterocycles. The largest absolute Gasteiger partial charge is 0.337 e. The normalized spacial score (nSPS) is 11.6. The van der Waals surface area contributed by atoms with E-state index in [2.05, 4.69) is 27.5 Å². The number of imidazole rings is 1. The maximum atomic E-state index is 13.6. The van der Waals surface area contributed by atoms with E-state index in [0.29, 0.717) is 5.52 Å². The number of halogens is 1. The van der Waals surface area contributed by atoms with Gasteiger partial charge in [-0.25, -0.2) is 9.37 Å². The van der Waals surface area contributed by atoms with Crippen LogP contribution in [0.5, 0.6) is 0 Å². The average molecular weight is 274 g/mol. The third kappa shape index (κ3) is 1.41. The highest BCUT2D eigenvalue weighted by atomic mass is 32.1. The lowest BCUT2D eigenvalue weighted by Crippen LogP contribution is -1.75.